The SMILES string of the molecule is FC(F)(F)COC1(CCNC2CC2)CCC1. The third-order valence-corrected chi connectivity index (χ3v) is 3.40. The number of hydrogen-bond acceptors (Lipinski definition) is 2. The van der Waals surface area contributed by atoms with Gasteiger partial charge >= 0.3 is 6.18 Å². The van der Waals surface area contributed by atoms with Crippen molar-refractivity contribution < 1.29 is 17.9 Å². The van der Waals surface area contributed by atoms with E-state index in [1.54, 1.807) is 0 Å². The molecule has 94 valence electrons. The average Bonchev–Trinajstić information content (AvgIpc) is 2.90. The number of rotatable bonds is 6. The van der Waals surface area contributed by atoms with Crippen molar-refractivity contribution in [1.29, 1.82) is 0 Å². The van der Waals surface area contributed by atoms with Crippen LogP contribution in [0.2, 0.25) is 0 Å². The predicted octanol–water partition coefficient (Wildman–Crippen LogP) is 2.63. The highest BCUT2D eigenvalue weighted by Crippen LogP contribution is 2.39. The maximum atomic E-state index is 12.1. The lowest BCUT2D eigenvalue weighted by atomic mass is 9.77. The smallest absolute Gasteiger partial charge is 0.366 e. The molecule has 2 nitrogen and oxygen atoms in total. The maximum absolute atomic E-state index is 12.1. The molecule has 2 aliphatic carbocycles. The third-order valence-electron chi connectivity index (χ3n) is 3.40. The van der Waals surface area contributed by atoms with Crippen LogP contribution in [0.1, 0.15) is 38.5 Å². The summed E-state index contributed by atoms with van der Waals surface area (Å²) in [6.45, 7) is -0.320. The molecule has 0 heterocycles. The summed E-state index contributed by atoms with van der Waals surface area (Å²) in [4.78, 5) is 0. The van der Waals surface area contributed by atoms with E-state index >= 15 is 0 Å². The molecule has 1 N–H and O–H groups in total. The van der Waals surface area contributed by atoms with Crippen molar-refractivity contribution >= 4 is 0 Å². The van der Waals surface area contributed by atoms with Crippen LogP contribution in [0.25, 0.3) is 0 Å². The van der Waals surface area contributed by atoms with E-state index in [9.17, 15) is 13.2 Å². The molecule has 0 aromatic heterocycles. The van der Waals surface area contributed by atoms with Crippen molar-refractivity contribution in [2.75, 3.05) is 13.2 Å². The van der Waals surface area contributed by atoms with E-state index in [4.69, 9.17) is 4.74 Å². The largest absolute Gasteiger partial charge is 0.411 e. The molecular formula is C11H18F3NO. The Morgan fingerprint density at radius 2 is 1.94 bits per heavy atom. The molecule has 0 saturated heterocycles. The van der Waals surface area contributed by atoms with Crippen molar-refractivity contribution in [2.45, 2.75) is 56.3 Å². The Balaban J connectivity index is 1.68. The Morgan fingerprint density at radius 3 is 2.38 bits per heavy atom. The molecule has 0 aromatic carbocycles. The van der Waals surface area contributed by atoms with Gasteiger partial charge in [-0.1, -0.05) is 0 Å². The molecule has 0 bridgehead atoms. The molecule has 2 fully saturated rings. The summed E-state index contributed by atoms with van der Waals surface area (Å²) < 4.78 is 41.3. The van der Waals surface area contributed by atoms with Gasteiger partial charge in [-0.3, -0.25) is 0 Å². The molecule has 2 aliphatic rings. The van der Waals surface area contributed by atoms with Crippen LogP contribution in [0.3, 0.4) is 0 Å². The fourth-order valence-corrected chi connectivity index (χ4v) is 2.06. The Bertz CT molecular complexity index is 234. The zero-order valence-electron chi connectivity index (χ0n) is 9.28. The Labute approximate surface area is 93.5 Å². The molecule has 0 aromatic rings. The normalized spacial score (nSPS) is 24.2. The zero-order valence-corrected chi connectivity index (χ0v) is 9.28. The first-order chi connectivity index (χ1) is 7.49. The molecule has 16 heavy (non-hydrogen) atoms. The van der Waals surface area contributed by atoms with E-state index in [0.717, 1.165) is 25.8 Å². The van der Waals surface area contributed by atoms with Gasteiger partial charge in [-0.2, -0.15) is 13.2 Å². The van der Waals surface area contributed by atoms with Crippen LogP contribution < -0.4 is 5.32 Å². The standard InChI is InChI=1S/C11H18F3NO/c12-11(13,14)8-16-10(4-1-5-10)6-7-15-9-2-3-9/h9,15H,1-8H2. The third kappa shape index (κ3) is 3.63. The van der Waals surface area contributed by atoms with Gasteiger partial charge in [0.1, 0.15) is 6.61 Å². The average molecular weight is 237 g/mol. The van der Waals surface area contributed by atoms with Crippen LogP contribution in [-0.4, -0.2) is 31.0 Å². The van der Waals surface area contributed by atoms with Gasteiger partial charge in [-0.25, -0.2) is 0 Å². The van der Waals surface area contributed by atoms with E-state index < -0.39 is 18.4 Å². The van der Waals surface area contributed by atoms with Gasteiger partial charge in [0.15, 0.2) is 0 Å². The summed E-state index contributed by atoms with van der Waals surface area (Å²) in [5.74, 6) is 0. The highest BCUT2D eigenvalue weighted by atomic mass is 19.4. The fraction of sp³-hybridized carbons (Fsp3) is 1.00. The van der Waals surface area contributed by atoms with Crippen LogP contribution in [0.5, 0.6) is 0 Å². The second-order valence-electron chi connectivity index (χ2n) is 4.92. The molecular weight excluding hydrogens is 219 g/mol. The second kappa shape index (κ2) is 4.53. The maximum Gasteiger partial charge on any atom is 0.411 e. The van der Waals surface area contributed by atoms with Gasteiger partial charge in [-0.05, 0) is 45.1 Å². The molecule has 0 atom stereocenters. The van der Waals surface area contributed by atoms with Crippen LogP contribution >= 0.6 is 0 Å². The van der Waals surface area contributed by atoms with Gasteiger partial charge in [0.05, 0.1) is 5.60 Å². The first-order valence-corrected chi connectivity index (χ1v) is 5.93. The van der Waals surface area contributed by atoms with Gasteiger partial charge in [0.2, 0.25) is 0 Å². The van der Waals surface area contributed by atoms with Crippen LogP contribution in [-0.2, 0) is 4.74 Å². The minimum Gasteiger partial charge on any atom is -0.366 e. The molecule has 0 amide bonds. The summed E-state index contributed by atoms with van der Waals surface area (Å²) in [6.07, 6.45) is 1.45. The van der Waals surface area contributed by atoms with E-state index in [2.05, 4.69) is 5.32 Å². The number of nitrogens with one attached hydrogen (secondary N) is 1. The van der Waals surface area contributed by atoms with Gasteiger partial charge in [0.25, 0.3) is 0 Å². The van der Waals surface area contributed by atoms with Crippen molar-refractivity contribution in [3.63, 3.8) is 0 Å². The highest BCUT2D eigenvalue weighted by Gasteiger charge is 2.41. The quantitative estimate of drug-likeness (QED) is 0.766. The monoisotopic (exact) mass is 237 g/mol. The molecule has 0 unspecified atom stereocenters. The lowest BCUT2D eigenvalue weighted by molar-refractivity contribution is -0.221. The van der Waals surface area contributed by atoms with Crippen molar-refractivity contribution in [1.82, 2.24) is 5.32 Å². The predicted molar refractivity (Wildman–Crippen MR) is 54.2 cm³/mol. The van der Waals surface area contributed by atoms with E-state index in [1.165, 1.54) is 12.8 Å². The zero-order chi connectivity index (χ0) is 11.6. The summed E-state index contributed by atoms with van der Waals surface area (Å²) >= 11 is 0. The number of ether oxygens (including phenoxy) is 1. The van der Waals surface area contributed by atoms with E-state index in [0.29, 0.717) is 12.5 Å². The molecule has 2 saturated carbocycles. The van der Waals surface area contributed by atoms with Crippen LogP contribution in [0.4, 0.5) is 13.2 Å². The number of halogens is 3. The summed E-state index contributed by atoms with van der Waals surface area (Å²) in [7, 11) is 0. The molecule has 0 aliphatic heterocycles. The highest BCUT2D eigenvalue weighted by molar-refractivity contribution is 4.91. The van der Waals surface area contributed by atoms with Crippen molar-refractivity contribution in [3.05, 3.63) is 0 Å². The lowest BCUT2D eigenvalue weighted by Gasteiger charge is -2.42. The molecule has 2 rings (SSSR count). The Morgan fingerprint density at radius 1 is 1.25 bits per heavy atom. The first-order valence-electron chi connectivity index (χ1n) is 5.93. The summed E-state index contributed by atoms with van der Waals surface area (Å²) in [5, 5.41) is 3.32. The molecule has 0 spiro atoms. The topological polar surface area (TPSA) is 21.3 Å². The number of hydrogen-bond donors (Lipinski definition) is 1. The summed E-state index contributed by atoms with van der Waals surface area (Å²) in [5.41, 5.74) is -0.489. The lowest BCUT2D eigenvalue weighted by Crippen LogP contribution is -2.44. The van der Waals surface area contributed by atoms with Crippen LogP contribution in [0.15, 0.2) is 0 Å². The van der Waals surface area contributed by atoms with Crippen molar-refractivity contribution in [2.24, 2.45) is 0 Å². The second-order valence-corrected chi connectivity index (χ2v) is 4.92. The van der Waals surface area contributed by atoms with Crippen molar-refractivity contribution in [3.8, 4) is 0 Å². The van der Waals surface area contributed by atoms with E-state index in [-0.39, 0.29) is 0 Å². The van der Waals surface area contributed by atoms with E-state index in [1.807, 2.05) is 0 Å². The Kier molecular flexibility index (Phi) is 3.45. The molecule has 5 heteroatoms. The van der Waals surface area contributed by atoms with Gasteiger partial charge in [0, 0.05) is 6.04 Å². The number of alkyl halides is 3. The Hall–Kier alpha value is -0.290. The minimum absolute atomic E-state index is 0.489. The molecule has 0 radical (unpaired) electrons. The first kappa shape index (κ1) is 12.2. The summed E-state index contributed by atoms with van der Waals surface area (Å²) in [6, 6.07) is 0.611. The van der Waals surface area contributed by atoms with Gasteiger partial charge < -0.3 is 10.1 Å². The van der Waals surface area contributed by atoms with Gasteiger partial charge in [-0.15, -0.1) is 0 Å². The van der Waals surface area contributed by atoms with Crippen LogP contribution in [0, 0.1) is 0 Å². The minimum atomic E-state index is -4.20. The fourth-order valence-electron chi connectivity index (χ4n) is 2.06.